The molecule has 3 N–H and O–H groups in total. The van der Waals surface area contributed by atoms with Crippen LogP contribution in [0.1, 0.15) is 341 Å². The summed E-state index contributed by atoms with van der Waals surface area (Å²) < 4.78 is 5.47. The highest BCUT2D eigenvalue weighted by atomic mass is 16.5. The number of rotatable bonds is 57. The number of amides is 1. The molecule has 0 aromatic carbocycles. The number of ether oxygens (including phenoxy) is 1. The Morgan fingerprint density at radius 3 is 1.09 bits per heavy atom. The first-order chi connectivity index (χ1) is 33.0. The first kappa shape index (κ1) is 65.6. The molecule has 0 saturated carbocycles. The van der Waals surface area contributed by atoms with Gasteiger partial charge in [0.1, 0.15) is 0 Å². The fourth-order valence-electron chi connectivity index (χ4n) is 9.65. The molecule has 0 aromatic rings. The summed E-state index contributed by atoms with van der Waals surface area (Å²) in [6, 6.07) is -0.579. The van der Waals surface area contributed by atoms with Gasteiger partial charge in [-0.3, -0.25) is 9.59 Å². The van der Waals surface area contributed by atoms with Gasteiger partial charge in [0.25, 0.3) is 0 Å². The van der Waals surface area contributed by atoms with Crippen LogP contribution in [0.25, 0.3) is 0 Å². The molecule has 2 unspecified atom stereocenters. The molecule has 0 aliphatic rings. The fraction of sp³-hybridized carbons (Fsp3) is 0.934. The van der Waals surface area contributed by atoms with Crippen molar-refractivity contribution >= 4 is 11.9 Å². The SMILES string of the molecule is CCCCCCCCCCCCCCCCCCCCCCCCC(O)C(CO)NC(=O)CCC/C=C\CCCCCCOC(=O)CCCCCCCCCCCCCCCCCCCCC. The minimum atomic E-state index is -0.695. The molecule has 0 heterocycles. The van der Waals surface area contributed by atoms with Gasteiger partial charge in [0.2, 0.25) is 5.91 Å². The third-order valence-corrected chi connectivity index (χ3v) is 14.3. The van der Waals surface area contributed by atoms with Crippen molar-refractivity contribution in [3.8, 4) is 0 Å². The second-order valence-corrected chi connectivity index (χ2v) is 21.0. The summed E-state index contributed by atoms with van der Waals surface area (Å²) in [6.45, 7) is 4.90. The highest BCUT2D eigenvalue weighted by Gasteiger charge is 2.20. The standard InChI is InChI=1S/C61H119NO5/c1-3-5-7-9-11-13-15-17-19-21-23-24-25-27-28-30-32-34-37-41-45-49-53-59(64)58(57-63)62-60(65)54-50-46-42-38-36-40-44-48-52-56-67-61(66)55-51-47-43-39-35-33-31-29-26-22-20-18-16-14-12-10-8-6-4-2/h38,42,58-59,63-64H,3-37,39-41,43-57H2,1-2H3,(H,62,65)/b42-38-. The topological polar surface area (TPSA) is 95.9 Å². The van der Waals surface area contributed by atoms with E-state index in [-0.39, 0.29) is 18.5 Å². The molecule has 398 valence electrons. The van der Waals surface area contributed by atoms with Crippen molar-refractivity contribution in [2.75, 3.05) is 13.2 Å². The van der Waals surface area contributed by atoms with Gasteiger partial charge < -0.3 is 20.3 Å². The molecule has 0 bridgehead atoms. The Balaban J connectivity index is 3.48. The van der Waals surface area contributed by atoms with Crippen LogP contribution < -0.4 is 5.32 Å². The molecule has 67 heavy (non-hydrogen) atoms. The smallest absolute Gasteiger partial charge is 0.305 e. The molecule has 0 aliphatic heterocycles. The van der Waals surface area contributed by atoms with Crippen molar-refractivity contribution in [2.45, 2.75) is 353 Å². The molecular weight excluding hydrogens is 827 g/mol. The van der Waals surface area contributed by atoms with Gasteiger partial charge in [-0.25, -0.2) is 0 Å². The van der Waals surface area contributed by atoms with E-state index in [2.05, 4.69) is 31.3 Å². The van der Waals surface area contributed by atoms with Crippen molar-refractivity contribution in [3.05, 3.63) is 12.2 Å². The van der Waals surface area contributed by atoms with Crippen molar-refractivity contribution in [1.82, 2.24) is 5.32 Å². The molecule has 0 rings (SSSR count). The first-order valence-corrected chi connectivity index (χ1v) is 30.4. The Morgan fingerprint density at radius 1 is 0.403 bits per heavy atom. The van der Waals surface area contributed by atoms with Crippen LogP contribution in [-0.2, 0) is 14.3 Å². The summed E-state index contributed by atoms with van der Waals surface area (Å²) in [5.74, 6) is -0.120. The fourth-order valence-corrected chi connectivity index (χ4v) is 9.65. The summed E-state index contributed by atoms with van der Waals surface area (Å²) in [5, 5.41) is 23.3. The average Bonchev–Trinajstić information content (AvgIpc) is 3.33. The zero-order valence-corrected chi connectivity index (χ0v) is 45.4. The minimum Gasteiger partial charge on any atom is -0.466 e. The lowest BCUT2D eigenvalue weighted by Gasteiger charge is -2.22. The zero-order valence-electron chi connectivity index (χ0n) is 45.4. The number of hydrogen-bond donors (Lipinski definition) is 3. The first-order valence-electron chi connectivity index (χ1n) is 30.4. The summed E-state index contributed by atoms with van der Waals surface area (Å²) in [7, 11) is 0. The second-order valence-electron chi connectivity index (χ2n) is 21.0. The van der Waals surface area contributed by atoms with Crippen LogP contribution >= 0.6 is 0 Å². The van der Waals surface area contributed by atoms with Crippen LogP contribution in [-0.4, -0.2) is 47.4 Å². The Hall–Kier alpha value is -1.40. The highest BCUT2D eigenvalue weighted by molar-refractivity contribution is 5.76. The quantitative estimate of drug-likeness (QED) is 0.0321. The van der Waals surface area contributed by atoms with Gasteiger partial charge in [0.05, 0.1) is 25.4 Å². The lowest BCUT2D eigenvalue weighted by Crippen LogP contribution is -2.45. The number of unbranched alkanes of at least 4 members (excludes halogenated alkanes) is 44. The Labute approximate surface area is 419 Å². The van der Waals surface area contributed by atoms with E-state index in [4.69, 9.17) is 4.74 Å². The van der Waals surface area contributed by atoms with Crippen LogP contribution in [0.5, 0.6) is 0 Å². The van der Waals surface area contributed by atoms with Crippen LogP contribution in [0.3, 0.4) is 0 Å². The maximum absolute atomic E-state index is 12.5. The van der Waals surface area contributed by atoms with Gasteiger partial charge in [-0.1, -0.05) is 296 Å². The number of esters is 1. The van der Waals surface area contributed by atoms with Crippen molar-refractivity contribution < 1.29 is 24.5 Å². The van der Waals surface area contributed by atoms with E-state index in [0.29, 0.717) is 25.9 Å². The van der Waals surface area contributed by atoms with Crippen LogP contribution in [0.2, 0.25) is 0 Å². The molecule has 1 amide bonds. The average molecular weight is 947 g/mol. The third-order valence-electron chi connectivity index (χ3n) is 14.3. The lowest BCUT2D eigenvalue weighted by molar-refractivity contribution is -0.143. The number of aliphatic hydroxyl groups excluding tert-OH is 2. The highest BCUT2D eigenvalue weighted by Crippen LogP contribution is 2.18. The normalized spacial score (nSPS) is 12.6. The largest absolute Gasteiger partial charge is 0.466 e. The predicted octanol–water partition coefficient (Wildman–Crippen LogP) is 18.9. The maximum Gasteiger partial charge on any atom is 0.305 e. The van der Waals surface area contributed by atoms with E-state index in [1.54, 1.807) is 0 Å². The van der Waals surface area contributed by atoms with Crippen LogP contribution in [0, 0.1) is 0 Å². The van der Waals surface area contributed by atoms with E-state index in [0.717, 1.165) is 70.6 Å². The zero-order chi connectivity index (χ0) is 48.6. The molecular formula is C61H119NO5. The second kappa shape index (κ2) is 57.2. The summed E-state index contributed by atoms with van der Waals surface area (Å²) in [5.41, 5.74) is 0. The summed E-state index contributed by atoms with van der Waals surface area (Å²) in [6.07, 6.45) is 67.9. The predicted molar refractivity (Wildman–Crippen MR) is 292 cm³/mol. The number of carbonyl (C=O) groups excluding carboxylic acids is 2. The Kier molecular flexibility index (Phi) is 56.0. The molecule has 0 radical (unpaired) electrons. The molecule has 2 atom stereocenters. The van der Waals surface area contributed by atoms with Crippen molar-refractivity contribution in [2.24, 2.45) is 0 Å². The molecule has 0 spiro atoms. The van der Waals surface area contributed by atoms with E-state index < -0.39 is 12.1 Å². The van der Waals surface area contributed by atoms with Crippen LogP contribution in [0.4, 0.5) is 0 Å². The molecule has 0 fully saturated rings. The van der Waals surface area contributed by atoms with Gasteiger partial charge in [-0.15, -0.1) is 0 Å². The van der Waals surface area contributed by atoms with E-state index in [9.17, 15) is 19.8 Å². The van der Waals surface area contributed by atoms with Crippen molar-refractivity contribution in [3.63, 3.8) is 0 Å². The van der Waals surface area contributed by atoms with Crippen LogP contribution in [0.15, 0.2) is 12.2 Å². The van der Waals surface area contributed by atoms with E-state index >= 15 is 0 Å². The van der Waals surface area contributed by atoms with Crippen molar-refractivity contribution in [1.29, 1.82) is 0 Å². The summed E-state index contributed by atoms with van der Waals surface area (Å²) >= 11 is 0. The Morgan fingerprint density at radius 2 is 0.716 bits per heavy atom. The van der Waals surface area contributed by atoms with Gasteiger partial charge in [-0.05, 0) is 44.9 Å². The number of allylic oxidation sites excluding steroid dienone is 2. The molecule has 0 aliphatic carbocycles. The van der Waals surface area contributed by atoms with Gasteiger partial charge >= 0.3 is 5.97 Å². The third kappa shape index (κ3) is 53.8. The monoisotopic (exact) mass is 946 g/mol. The van der Waals surface area contributed by atoms with Gasteiger partial charge in [-0.2, -0.15) is 0 Å². The number of aliphatic hydroxyl groups is 2. The Bertz CT molecular complexity index is 1000. The van der Waals surface area contributed by atoms with Gasteiger partial charge in [0.15, 0.2) is 0 Å². The van der Waals surface area contributed by atoms with E-state index in [1.807, 2.05) is 0 Å². The summed E-state index contributed by atoms with van der Waals surface area (Å²) in [4.78, 5) is 24.6. The number of hydrogen-bond acceptors (Lipinski definition) is 5. The molecule has 6 heteroatoms. The molecule has 0 aromatic heterocycles. The lowest BCUT2D eigenvalue weighted by atomic mass is 10.0. The number of carbonyl (C=O) groups is 2. The molecule has 6 nitrogen and oxygen atoms in total. The van der Waals surface area contributed by atoms with Gasteiger partial charge in [0, 0.05) is 12.8 Å². The minimum absolute atomic E-state index is 0.0296. The van der Waals surface area contributed by atoms with E-state index in [1.165, 1.54) is 238 Å². The maximum atomic E-state index is 12.5. The number of nitrogens with one attached hydrogen (secondary N) is 1. The molecule has 0 saturated heterocycles.